The lowest BCUT2D eigenvalue weighted by molar-refractivity contribution is -0.185. The molecule has 3 saturated carbocycles. The molecule has 1 N–H and O–H groups in total. The number of alkyl halides is 3. The molecule has 4 fully saturated rings. The average molecular weight is 466 g/mol. The van der Waals surface area contributed by atoms with E-state index in [0.717, 1.165) is 37.8 Å². The molecule has 33 heavy (non-hydrogen) atoms. The van der Waals surface area contributed by atoms with Crippen LogP contribution < -0.4 is 0 Å². The van der Waals surface area contributed by atoms with Gasteiger partial charge >= 0.3 is 6.18 Å². The number of hydrogen-bond acceptors (Lipinski definition) is 2. The van der Waals surface area contributed by atoms with Crippen molar-refractivity contribution in [3.05, 3.63) is 35.5 Å². The van der Waals surface area contributed by atoms with Gasteiger partial charge in [-0.1, -0.05) is 38.2 Å². The van der Waals surface area contributed by atoms with Gasteiger partial charge in [0.1, 0.15) is 0 Å². The first kappa shape index (κ1) is 25.0. The van der Waals surface area contributed by atoms with Crippen molar-refractivity contribution in [3.63, 3.8) is 0 Å². The van der Waals surface area contributed by atoms with Crippen LogP contribution in [0, 0.1) is 29.1 Å². The Morgan fingerprint density at radius 1 is 1.09 bits per heavy atom. The van der Waals surface area contributed by atoms with Crippen molar-refractivity contribution in [1.82, 2.24) is 4.90 Å². The zero-order valence-corrected chi connectivity index (χ0v) is 20.5. The van der Waals surface area contributed by atoms with E-state index in [2.05, 4.69) is 37.5 Å². The van der Waals surface area contributed by atoms with Crippen molar-refractivity contribution < 1.29 is 18.3 Å². The van der Waals surface area contributed by atoms with E-state index in [4.69, 9.17) is 0 Å². The molecule has 2 nitrogen and oxygen atoms in total. The average Bonchev–Trinajstić information content (AvgIpc) is 3.12. The molecule has 5 atom stereocenters. The molecule has 0 spiro atoms. The number of piperidine rings is 1. The molecular weight excluding hydrogens is 423 g/mol. The topological polar surface area (TPSA) is 23.5 Å². The first-order valence-corrected chi connectivity index (χ1v) is 13.2. The summed E-state index contributed by atoms with van der Waals surface area (Å²) in [5.74, 6) is 0.631. The number of rotatable bonds is 4. The highest BCUT2D eigenvalue weighted by atomic mass is 19.4. The lowest BCUT2D eigenvalue weighted by atomic mass is 9.61. The molecule has 1 aliphatic heterocycles. The van der Waals surface area contributed by atoms with Crippen LogP contribution in [-0.2, 0) is 0 Å². The van der Waals surface area contributed by atoms with Crippen molar-refractivity contribution in [2.45, 2.75) is 90.3 Å². The van der Waals surface area contributed by atoms with Crippen LogP contribution in [0.15, 0.2) is 35.5 Å². The van der Waals surface area contributed by atoms with E-state index < -0.39 is 18.2 Å². The second kappa shape index (κ2) is 9.89. The molecule has 0 bridgehead atoms. The first-order chi connectivity index (χ1) is 15.6. The van der Waals surface area contributed by atoms with Crippen LogP contribution in [-0.4, -0.2) is 41.9 Å². The molecule has 3 aliphatic carbocycles. The van der Waals surface area contributed by atoms with Crippen molar-refractivity contribution in [2.75, 3.05) is 19.6 Å². The van der Waals surface area contributed by atoms with Gasteiger partial charge in [0.25, 0.3) is 0 Å². The number of aliphatic hydroxyl groups is 1. The van der Waals surface area contributed by atoms with Gasteiger partial charge in [-0.25, -0.2) is 0 Å². The molecule has 4 aliphatic rings. The van der Waals surface area contributed by atoms with Gasteiger partial charge in [0.15, 0.2) is 0 Å². The van der Waals surface area contributed by atoms with Crippen LogP contribution in [0.2, 0.25) is 0 Å². The van der Waals surface area contributed by atoms with Gasteiger partial charge in [0, 0.05) is 6.54 Å². The molecule has 0 aromatic heterocycles. The third-order valence-electron chi connectivity index (χ3n) is 9.56. The van der Waals surface area contributed by atoms with Gasteiger partial charge in [-0.05, 0) is 112 Å². The zero-order chi connectivity index (χ0) is 23.8. The minimum Gasteiger partial charge on any atom is -0.388 e. The minimum absolute atomic E-state index is 0.252. The van der Waals surface area contributed by atoms with Crippen LogP contribution in [0.25, 0.3) is 0 Å². The largest absolute Gasteiger partial charge is 0.391 e. The maximum atomic E-state index is 13.0. The van der Waals surface area contributed by atoms with Crippen molar-refractivity contribution in [3.8, 4) is 0 Å². The Hall–Kier alpha value is -1.07. The van der Waals surface area contributed by atoms with Gasteiger partial charge in [-0.2, -0.15) is 13.2 Å². The molecular formula is C28H42F3NO. The molecule has 186 valence electrons. The molecule has 1 heterocycles. The number of nitrogens with zero attached hydrogens (tertiary/aromatic N) is 1. The summed E-state index contributed by atoms with van der Waals surface area (Å²) >= 11 is 0. The number of likely N-dealkylation sites (tertiary alicyclic amines) is 1. The standard InChI is InChI=1S/C28H42F3NO/c1-19(18-32-16-13-23(14-17-32)28(29,30)31)24-11-12-25-22(7-5-15-27(24,25)3)10-9-21-6-4-8-26(33)20(21)2/h9-10,19,23-26,33H,2,4-8,11-18H2,1,3H3/b21-9-,22-10+/t19-,24?,25?,26?,27?/m1/s1. The summed E-state index contributed by atoms with van der Waals surface area (Å²) in [5, 5.41) is 10.1. The van der Waals surface area contributed by atoms with E-state index >= 15 is 0 Å². The SMILES string of the molecule is C=C1/C(=C\C=C2/CCCC3(C)C2CCC3[C@H](C)CN2CCC(C(F)(F)F)CC2)CCCC1O. The summed E-state index contributed by atoms with van der Waals surface area (Å²) in [4.78, 5) is 2.29. The van der Waals surface area contributed by atoms with Crippen LogP contribution in [0.3, 0.4) is 0 Å². The monoisotopic (exact) mass is 465 g/mol. The van der Waals surface area contributed by atoms with Gasteiger partial charge < -0.3 is 10.0 Å². The Labute approximate surface area is 198 Å². The highest BCUT2D eigenvalue weighted by Gasteiger charge is 2.51. The van der Waals surface area contributed by atoms with E-state index in [1.54, 1.807) is 5.57 Å². The summed E-state index contributed by atoms with van der Waals surface area (Å²) in [6, 6.07) is 0. The second-order valence-corrected chi connectivity index (χ2v) is 11.6. The van der Waals surface area contributed by atoms with Gasteiger partial charge in [0.2, 0.25) is 0 Å². The van der Waals surface area contributed by atoms with E-state index in [1.807, 2.05) is 0 Å². The lowest BCUT2D eigenvalue weighted by Gasteiger charge is -2.45. The quantitative estimate of drug-likeness (QED) is 0.480. The van der Waals surface area contributed by atoms with Crippen molar-refractivity contribution >= 4 is 0 Å². The highest BCUT2D eigenvalue weighted by molar-refractivity contribution is 5.37. The van der Waals surface area contributed by atoms with Crippen LogP contribution in [0.5, 0.6) is 0 Å². The smallest absolute Gasteiger partial charge is 0.388 e. The van der Waals surface area contributed by atoms with Gasteiger partial charge in [-0.15, -0.1) is 0 Å². The first-order valence-electron chi connectivity index (χ1n) is 13.2. The summed E-state index contributed by atoms with van der Waals surface area (Å²) in [6.07, 6.45) is 9.57. The molecule has 0 aromatic carbocycles. The normalized spacial score (nSPS) is 38.1. The van der Waals surface area contributed by atoms with Crippen molar-refractivity contribution in [1.29, 1.82) is 0 Å². The summed E-state index contributed by atoms with van der Waals surface area (Å²) in [5.41, 5.74) is 3.95. The fraction of sp³-hybridized carbons (Fsp3) is 0.786. The zero-order valence-electron chi connectivity index (χ0n) is 20.5. The van der Waals surface area contributed by atoms with Crippen LogP contribution in [0.4, 0.5) is 13.2 Å². The summed E-state index contributed by atoms with van der Waals surface area (Å²) in [6.45, 7) is 11.0. The predicted molar refractivity (Wildman–Crippen MR) is 128 cm³/mol. The molecule has 4 rings (SSSR count). The third-order valence-corrected chi connectivity index (χ3v) is 9.56. The molecule has 0 amide bonds. The Bertz CT molecular complexity index is 777. The Balaban J connectivity index is 1.40. The van der Waals surface area contributed by atoms with Crippen LogP contribution >= 0.6 is 0 Å². The van der Waals surface area contributed by atoms with Crippen molar-refractivity contribution in [2.24, 2.45) is 29.1 Å². The Morgan fingerprint density at radius 2 is 1.82 bits per heavy atom. The summed E-state index contributed by atoms with van der Waals surface area (Å²) in [7, 11) is 0. The molecule has 4 unspecified atom stereocenters. The highest BCUT2D eigenvalue weighted by Crippen LogP contribution is 2.59. The van der Waals surface area contributed by atoms with Crippen LogP contribution in [0.1, 0.15) is 78.1 Å². The number of hydrogen-bond donors (Lipinski definition) is 1. The van der Waals surface area contributed by atoms with E-state index in [1.165, 1.54) is 31.3 Å². The molecule has 0 aromatic rings. The summed E-state index contributed by atoms with van der Waals surface area (Å²) < 4.78 is 39.1. The van der Waals surface area contributed by atoms with E-state index in [0.29, 0.717) is 30.8 Å². The fourth-order valence-electron chi connectivity index (χ4n) is 7.62. The predicted octanol–water partition coefficient (Wildman–Crippen LogP) is 7.07. The van der Waals surface area contributed by atoms with Gasteiger partial charge in [0.05, 0.1) is 12.0 Å². The number of fused-ring (bicyclic) bond motifs is 1. The maximum absolute atomic E-state index is 13.0. The lowest BCUT2D eigenvalue weighted by Crippen LogP contribution is -2.44. The molecule has 1 saturated heterocycles. The molecule has 5 heteroatoms. The Morgan fingerprint density at radius 3 is 2.52 bits per heavy atom. The number of allylic oxidation sites excluding steroid dienone is 3. The fourth-order valence-corrected chi connectivity index (χ4v) is 7.62. The van der Waals surface area contributed by atoms with E-state index in [-0.39, 0.29) is 18.3 Å². The third kappa shape index (κ3) is 5.29. The molecule has 0 radical (unpaired) electrons. The maximum Gasteiger partial charge on any atom is 0.391 e. The Kier molecular flexibility index (Phi) is 7.50. The minimum atomic E-state index is -4.04. The number of halogens is 3. The van der Waals surface area contributed by atoms with E-state index in [9.17, 15) is 18.3 Å². The second-order valence-electron chi connectivity index (χ2n) is 11.6. The number of aliphatic hydroxyl groups excluding tert-OH is 1. The van der Waals surface area contributed by atoms with Gasteiger partial charge in [-0.3, -0.25) is 0 Å².